The standard InChI is InChI=1S/C19H16O6/c1-21-14-6-11-12(7-15(14)22-2)18(23-3)13-9-25-19(20)17(13)16(11)10-4-5-24-8-10/h4-8H,9H2,1-3H3. The summed E-state index contributed by atoms with van der Waals surface area (Å²) >= 11 is 0. The van der Waals surface area contributed by atoms with Gasteiger partial charge in [-0.25, -0.2) is 4.79 Å². The Hall–Kier alpha value is -3.15. The van der Waals surface area contributed by atoms with E-state index in [1.165, 1.54) is 0 Å². The van der Waals surface area contributed by atoms with Gasteiger partial charge in [-0.1, -0.05) is 0 Å². The van der Waals surface area contributed by atoms with Crippen LogP contribution in [0.4, 0.5) is 0 Å². The van der Waals surface area contributed by atoms with Crippen molar-refractivity contribution in [2.75, 3.05) is 21.3 Å². The van der Waals surface area contributed by atoms with Crippen LogP contribution in [-0.2, 0) is 11.3 Å². The molecule has 0 radical (unpaired) electrons. The van der Waals surface area contributed by atoms with E-state index in [4.69, 9.17) is 23.4 Å². The number of carbonyl (C=O) groups is 1. The van der Waals surface area contributed by atoms with Gasteiger partial charge in [-0.2, -0.15) is 0 Å². The van der Waals surface area contributed by atoms with Gasteiger partial charge in [0.15, 0.2) is 11.5 Å². The maximum absolute atomic E-state index is 12.4. The summed E-state index contributed by atoms with van der Waals surface area (Å²) in [4.78, 5) is 12.4. The first-order valence-electron chi connectivity index (χ1n) is 7.67. The van der Waals surface area contributed by atoms with E-state index < -0.39 is 0 Å². The second kappa shape index (κ2) is 5.73. The van der Waals surface area contributed by atoms with Gasteiger partial charge in [0.2, 0.25) is 0 Å². The lowest BCUT2D eigenvalue weighted by Gasteiger charge is -2.17. The van der Waals surface area contributed by atoms with Crippen molar-refractivity contribution in [2.45, 2.75) is 6.61 Å². The number of esters is 1. The van der Waals surface area contributed by atoms with E-state index in [0.29, 0.717) is 22.8 Å². The summed E-state index contributed by atoms with van der Waals surface area (Å²) in [6.45, 7) is 0.173. The molecule has 3 aromatic rings. The van der Waals surface area contributed by atoms with E-state index in [1.807, 2.05) is 18.2 Å². The highest BCUT2D eigenvalue weighted by Crippen LogP contribution is 2.47. The Balaban J connectivity index is 2.21. The molecule has 0 spiro atoms. The molecule has 0 bridgehead atoms. The second-order valence-electron chi connectivity index (χ2n) is 5.60. The van der Waals surface area contributed by atoms with Crippen molar-refractivity contribution in [3.05, 3.63) is 41.9 Å². The van der Waals surface area contributed by atoms with Crippen LogP contribution in [0.3, 0.4) is 0 Å². The lowest BCUT2D eigenvalue weighted by molar-refractivity contribution is 0.0535. The molecule has 0 N–H and O–H groups in total. The fourth-order valence-corrected chi connectivity index (χ4v) is 3.35. The number of ether oxygens (including phenoxy) is 4. The zero-order chi connectivity index (χ0) is 17.6. The Morgan fingerprint density at radius 2 is 1.68 bits per heavy atom. The molecule has 1 aliphatic rings. The minimum Gasteiger partial charge on any atom is -0.496 e. The van der Waals surface area contributed by atoms with Gasteiger partial charge in [-0.05, 0) is 23.6 Å². The number of furan rings is 1. The molecule has 128 valence electrons. The maximum atomic E-state index is 12.4. The molecule has 2 aromatic carbocycles. The SMILES string of the molecule is COc1cc2c(OC)c3c(c(-c4ccoc4)c2cc1OC)C(=O)OC3. The highest BCUT2D eigenvalue weighted by atomic mass is 16.5. The van der Waals surface area contributed by atoms with Crippen molar-refractivity contribution in [1.29, 1.82) is 0 Å². The van der Waals surface area contributed by atoms with E-state index in [0.717, 1.165) is 27.5 Å². The first-order chi connectivity index (χ1) is 12.2. The van der Waals surface area contributed by atoms with Crippen molar-refractivity contribution < 1.29 is 28.2 Å². The van der Waals surface area contributed by atoms with Crippen LogP contribution in [-0.4, -0.2) is 27.3 Å². The van der Waals surface area contributed by atoms with Crippen LogP contribution < -0.4 is 14.2 Å². The molecule has 0 saturated carbocycles. The Kier molecular flexibility index (Phi) is 3.53. The van der Waals surface area contributed by atoms with Crippen molar-refractivity contribution in [1.82, 2.24) is 0 Å². The molecule has 0 unspecified atom stereocenters. The van der Waals surface area contributed by atoms with Crippen LogP contribution in [0, 0.1) is 0 Å². The number of hydrogen-bond donors (Lipinski definition) is 0. The van der Waals surface area contributed by atoms with Gasteiger partial charge in [-0.3, -0.25) is 0 Å². The number of hydrogen-bond acceptors (Lipinski definition) is 6. The van der Waals surface area contributed by atoms with Crippen molar-refractivity contribution in [3.8, 4) is 28.4 Å². The first-order valence-corrected chi connectivity index (χ1v) is 7.67. The van der Waals surface area contributed by atoms with Crippen LogP contribution in [0.25, 0.3) is 21.9 Å². The minimum atomic E-state index is -0.374. The zero-order valence-electron chi connectivity index (χ0n) is 14.0. The Labute approximate surface area is 143 Å². The monoisotopic (exact) mass is 340 g/mol. The molecule has 0 aliphatic carbocycles. The highest BCUT2D eigenvalue weighted by molar-refractivity contribution is 6.13. The smallest absolute Gasteiger partial charge is 0.339 e. The summed E-state index contributed by atoms with van der Waals surface area (Å²) in [6, 6.07) is 5.49. The average Bonchev–Trinajstić information content (AvgIpc) is 3.29. The normalized spacial score (nSPS) is 12.8. The van der Waals surface area contributed by atoms with E-state index in [1.54, 1.807) is 33.9 Å². The van der Waals surface area contributed by atoms with Gasteiger partial charge in [-0.15, -0.1) is 0 Å². The average molecular weight is 340 g/mol. The molecule has 6 heteroatoms. The lowest BCUT2D eigenvalue weighted by Crippen LogP contribution is -2.01. The topological polar surface area (TPSA) is 67.1 Å². The summed E-state index contributed by atoms with van der Waals surface area (Å²) in [5, 5.41) is 1.61. The summed E-state index contributed by atoms with van der Waals surface area (Å²) in [5.41, 5.74) is 2.75. The molecular weight excluding hydrogens is 324 g/mol. The summed E-state index contributed by atoms with van der Waals surface area (Å²) < 4.78 is 27.0. The number of carbonyl (C=O) groups excluding carboxylic acids is 1. The number of methoxy groups -OCH3 is 3. The minimum absolute atomic E-state index is 0.173. The van der Waals surface area contributed by atoms with Gasteiger partial charge >= 0.3 is 5.97 Å². The largest absolute Gasteiger partial charge is 0.496 e. The third kappa shape index (κ3) is 2.14. The van der Waals surface area contributed by atoms with Crippen LogP contribution in [0.2, 0.25) is 0 Å². The molecule has 0 atom stereocenters. The number of fused-ring (bicyclic) bond motifs is 2. The van der Waals surface area contributed by atoms with Gasteiger partial charge in [0.1, 0.15) is 12.4 Å². The molecule has 6 nitrogen and oxygen atoms in total. The highest BCUT2D eigenvalue weighted by Gasteiger charge is 2.32. The van der Waals surface area contributed by atoms with Gasteiger partial charge < -0.3 is 23.4 Å². The fraction of sp³-hybridized carbons (Fsp3) is 0.211. The van der Waals surface area contributed by atoms with E-state index in [2.05, 4.69) is 0 Å². The van der Waals surface area contributed by atoms with E-state index in [-0.39, 0.29) is 12.6 Å². The molecule has 25 heavy (non-hydrogen) atoms. The second-order valence-corrected chi connectivity index (χ2v) is 5.60. The predicted molar refractivity (Wildman–Crippen MR) is 90.4 cm³/mol. The zero-order valence-corrected chi connectivity index (χ0v) is 14.0. The first kappa shape index (κ1) is 15.4. The quantitative estimate of drug-likeness (QED) is 0.673. The molecule has 0 saturated heterocycles. The number of benzene rings is 2. The van der Waals surface area contributed by atoms with Gasteiger partial charge in [0.05, 0.1) is 39.4 Å². The molecule has 1 aromatic heterocycles. The van der Waals surface area contributed by atoms with Crippen molar-refractivity contribution in [2.24, 2.45) is 0 Å². The summed E-state index contributed by atoms with van der Waals surface area (Å²) in [7, 11) is 4.72. The lowest BCUT2D eigenvalue weighted by atomic mass is 9.90. The predicted octanol–water partition coefficient (Wildman–Crippen LogP) is 3.80. The van der Waals surface area contributed by atoms with Crippen LogP contribution in [0.5, 0.6) is 17.2 Å². The Bertz CT molecular complexity index is 972. The van der Waals surface area contributed by atoms with E-state index in [9.17, 15) is 4.79 Å². The molecule has 0 amide bonds. The Morgan fingerprint density at radius 1 is 0.960 bits per heavy atom. The number of rotatable bonds is 4. The summed E-state index contributed by atoms with van der Waals surface area (Å²) in [5.74, 6) is 1.37. The van der Waals surface area contributed by atoms with Crippen LogP contribution in [0.15, 0.2) is 35.1 Å². The molecule has 0 fully saturated rings. The number of cyclic esters (lactones) is 1. The van der Waals surface area contributed by atoms with Crippen molar-refractivity contribution >= 4 is 16.7 Å². The fourth-order valence-electron chi connectivity index (χ4n) is 3.35. The van der Waals surface area contributed by atoms with Crippen LogP contribution in [0.1, 0.15) is 15.9 Å². The molecule has 4 rings (SSSR count). The van der Waals surface area contributed by atoms with Crippen molar-refractivity contribution in [3.63, 3.8) is 0 Å². The van der Waals surface area contributed by atoms with Gasteiger partial charge in [0.25, 0.3) is 0 Å². The third-order valence-corrected chi connectivity index (χ3v) is 4.43. The Morgan fingerprint density at radius 3 is 2.28 bits per heavy atom. The molecule has 1 aliphatic heterocycles. The summed E-state index contributed by atoms with van der Waals surface area (Å²) in [6.07, 6.45) is 3.17. The third-order valence-electron chi connectivity index (χ3n) is 4.43. The van der Waals surface area contributed by atoms with Crippen LogP contribution >= 0.6 is 0 Å². The maximum Gasteiger partial charge on any atom is 0.339 e. The molecular formula is C19H16O6. The molecule has 2 heterocycles. The van der Waals surface area contributed by atoms with E-state index >= 15 is 0 Å². The van der Waals surface area contributed by atoms with Gasteiger partial charge in [0, 0.05) is 22.1 Å².